The molecule has 1 aliphatic rings. The second kappa shape index (κ2) is 15.8. The Balaban J connectivity index is 0.000000821. The SMILES string of the molecule is COc1ccc(S(=O)(=O)CNCCCC(=O)N(C)CCc2ccc(C3=NCCN3)cc2)c([N+](=O)[O-])c1.O=C(O)C(F)(F)F. The molecular formula is C26H32F3N5O8S. The number of hydrogen-bond acceptors (Lipinski definition) is 10. The van der Waals surface area contributed by atoms with Crippen molar-refractivity contribution < 1.29 is 45.9 Å². The van der Waals surface area contributed by atoms with Crippen molar-refractivity contribution in [1.29, 1.82) is 0 Å². The molecule has 3 rings (SSSR count). The minimum absolute atomic E-state index is 0.0356. The fourth-order valence-electron chi connectivity index (χ4n) is 3.71. The van der Waals surface area contributed by atoms with Crippen molar-refractivity contribution in [3.05, 3.63) is 63.7 Å². The molecule has 1 aliphatic heterocycles. The van der Waals surface area contributed by atoms with E-state index < -0.39 is 38.5 Å². The molecule has 0 aliphatic carbocycles. The van der Waals surface area contributed by atoms with Crippen LogP contribution in [0.15, 0.2) is 52.4 Å². The van der Waals surface area contributed by atoms with Crippen molar-refractivity contribution >= 4 is 33.2 Å². The molecule has 2 aromatic carbocycles. The molecule has 43 heavy (non-hydrogen) atoms. The molecule has 0 fully saturated rings. The second-order valence-electron chi connectivity index (χ2n) is 9.18. The molecule has 0 bridgehead atoms. The molecule has 0 unspecified atom stereocenters. The zero-order chi connectivity index (χ0) is 32.2. The summed E-state index contributed by atoms with van der Waals surface area (Å²) in [4.78, 5) is 37.5. The van der Waals surface area contributed by atoms with Crippen LogP contribution in [-0.4, -0.2) is 93.4 Å². The van der Waals surface area contributed by atoms with Gasteiger partial charge in [-0.25, -0.2) is 13.2 Å². The average molecular weight is 632 g/mol. The Morgan fingerprint density at radius 1 is 1.21 bits per heavy atom. The molecule has 17 heteroatoms. The Kier molecular flexibility index (Phi) is 12.9. The Morgan fingerprint density at radius 3 is 2.40 bits per heavy atom. The zero-order valence-corrected chi connectivity index (χ0v) is 24.2. The van der Waals surface area contributed by atoms with Gasteiger partial charge in [0, 0.05) is 32.1 Å². The largest absolute Gasteiger partial charge is 0.497 e. The van der Waals surface area contributed by atoms with E-state index in [4.69, 9.17) is 14.6 Å². The molecule has 1 heterocycles. The van der Waals surface area contributed by atoms with Crippen molar-refractivity contribution in [2.24, 2.45) is 4.99 Å². The van der Waals surface area contributed by atoms with Crippen molar-refractivity contribution in [3.8, 4) is 5.75 Å². The van der Waals surface area contributed by atoms with Crippen LogP contribution >= 0.6 is 0 Å². The van der Waals surface area contributed by atoms with E-state index in [2.05, 4.69) is 15.6 Å². The van der Waals surface area contributed by atoms with Crippen LogP contribution in [0.5, 0.6) is 5.75 Å². The van der Waals surface area contributed by atoms with Gasteiger partial charge in [-0.15, -0.1) is 0 Å². The second-order valence-corrected chi connectivity index (χ2v) is 11.1. The monoisotopic (exact) mass is 631 g/mol. The smallest absolute Gasteiger partial charge is 0.490 e. The number of carboxylic acid groups (broad SMARTS) is 1. The van der Waals surface area contributed by atoms with Crippen LogP contribution in [0.4, 0.5) is 18.9 Å². The van der Waals surface area contributed by atoms with Gasteiger partial charge in [0.25, 0.3) is 5.69 Å². The van der Waals surface area contributed by atoms with Gasteiger partial charge in [-0.3, -0.25) is 19.9 Å². The number of nitrogens with one attached hydrogen (secondary N) is 2. The number of hydrogen-bond donors (Lipinski definition) is 3. The van der Waals surface area contributed by atoms with E-state index in [0.717, 1.165) is 42.5 Å². The summed E-state index contributed by atoms with van der Waals surface area (Å²) < 4.78 is 61.8. The van der Waals surface area contributed by atoms with Gasteiger partial charge in [-0.1, -0.05) is 24.3 Å². The first-order valence-corrected chi connectivity index (χ1v) is 14.5. The number of likely N-dealkylation sites (N-methyl/N-ethyl adjacent to an activating group) is 1. The van der Waals surface area contributed by atoms with Gasteiger partial charge in [0.1, 0.15) is 22.4 Å². The topological polar surface area (TPSA) is 181 Å². The highest BCUT2D eigenvalue weighted by Gasteiger charge is 2.38. The first kappa shape index (κ1) is 34.9. The number of amidine groups is 1. The van der Waals surface area contributed by atoms with Crippen molar-refractivity contribution in [2.45, 2.75) is 30.3 Å². The average Bonchev–Trinajstić information content (AvgIpc) is 3.50. The molecule has 236 valence electrons. The van der Waals surface area contributed by atoms with Gasteiger partial charge in [0.15, 0.2) is 9.84 Å². The number of alkyl halides is 3. The quantitative estimate of drug-likeness (QED) is 0.169. The maximum atomic E-state index is 12.6. The van der Waals surface area contributed by atoms with Gasteiger partial charge in [-0.2, -0.15) is 13.2 Å². The number of benzene rings is 2. The van der Waals surface area contributed by atoms with E-state index in [-0.39, 0.29) is 29.5 Å². The van der Waals surface area contributed by atoms with E-state index in [1.165, 1.54) is 19.2 Å². The number of ether oxygens (including phenoxy) is 1. The standard InChI is InChI=1S/C24H31N5O6S.C2HF3O2/c1-28(15-11-18-5-7-19(8-6-18)24-26-13-14-27-24)23(30)4-3-12-25-17-36(33,34)22-10-9-20(35-2)16-21(22)29(31)32;3-2(4,5)1(6)7/h5-10,16,25H,3-4,11-15,17H2,1-2H3,(H,26,27);(H,6,7). The number of aliphatic imine (C=N–C) groups is 1. The molecule has 0 saturated carbocycles. The third-order valence-corrected chi connectivity index (χ3v) is 7.64. The van der Waals surface area contributed by atoms with Crippen molar-refractivity contribution in [2.75, 3.05) is 46.2 Å². The normalized spacial score (nSPS) is 12.8. The lowest BCUT2D eigenvalue weighted by Gasteiger charge is -2.17. The molecule has 0 radical (unpaired) electrons. The number of carbonyl (C=O) groups excluding carboxylic acids is 1. The van der Waals surface area contributed by atoms with E-state index in [9.17, 15) is 36.5 Å². The summed E-state index contributed by atoms with van der Waals surface area (Å²) in [5.41, 5.74) is 1.64. The summed E-state index contributed by atoms with van der Waals surface area (Å²) in [7, 11) is -0.853. The van der Waals surface area contributed by atoms with E-state index >= 15 is 0 Å². The molecule has 0 aromatic heterocycles. The molecule has 0 spiro atoms. The maximum Gasteiger partial charge on any atom is 0.490 e. The lowest BCUT2D eigenvalue weighted by Crippen LogP contribution is -2.30. The van der Waals surface area contributed by atoms with Crippen LogP contribution in [0.1, 0.15) is 24.0 Å². The molecule has 2 aromatic rings. The summed E-state index contributed by atoms with van der Waals surface area (Å²) >= 11 is 0. The first-order chi connectivity index (χ1) is 20.2. The number of carbonyl (C=O) groups is 2. The lowest BCUT2D eigenvalue weighted by atomic mass is 10.1. The maximum absolute atomic E-state index is 12.6. The fourth-order valence-corrected chi connectivity index (χ4v) is 5.01. The number of aliphatic carboxylic acids is 1. The third kappa shape index (κ3) is 11.2. The summed E-state index contributed by atoms with van der Waals surface area (Å²) in [6.45, 7) is 2.50. The highest BCUT2D eigenvalue weighted by molar-refractivity contribution is 7.91. The lowest BCUT2D eigenvalue weighted by molar-refractivity contribution is -0.387. The number of nitro benzene ring substituents is 1. The van der Waals surface area contributed by atoms with Gasteiger partial charge in [0.05, 0.1) is 24.6 Å². The highest BCUT2D eigenvalue weighted by atomic mass is 32.2. The number of methoxy groups -OCH3 is 1. The van der Waals surface area contributed by atoms with Gasteiger partial charge in [0.2, 0.25) is 5.91 Å². The third-order valence-electron chi connectivity index (χ3n) is 6.04. The fraction of sp³-hybridized carbons (Fsp3) is 0.423. The number of nitrogens with zero attached hydrogens (tertiary/aromatic N) is 3. The minimum Gasteiger partial charge on any atom is -0.497 e. The number of carboxylic acids is 1. The summed E-state index contributed by atoms with van der Waals surface area (Å²) in [5.74, 6) is -2.15. The minimum atomic E-state index is -5.08. The molecular weight excluding hydrogens is 599 g/mol. The van der Waals surface area contributed by atoms with Gasteiger partial charge >= 0.3 is 12.1 Å². The van der Waals surface area contributed by atoms with Crippen molar-refractivity contribution in [1.82, 2.24) is 15.5 Å². The highest BCUT2D eigenvalue weighted by Crippen LogP contribution is 2.28. The number of sulfone groups is 1. The first-order valence-electron chi connectivity index (χ1n) is 12.8. The summed E-state index contributed by atoms with van der Waals surface area (Å²) in [6, 6.07) is 11.7. The summed E-state index contributed by atoms with van der Waals surface area (Å²) in [6.07, 6.45) is -3.66. The predicted molar refractivity (Wildman–Crippen MR) is 150 cm³/mol. The Bertz CT molecular complexity index is 1420. The molecule has 0 atom stereocenters. The van der Waals surface area contributed by atoms with E-state index in [0.29, 0.717) is 13.0 Å². The van der Waals surface area contributed by atoms with Crippen LogP contribution in [-0.2, 0) is 25.8 Å². The molecule has 3 N–H and O–H groups in total. The Labute approximate surface area is 245 Å². The van der Waals surface area contributed by atoms with E-state index in [1.807, 2.05) is 24.3 Å². The van der Waals surface area contributed by atoms with Gasteiger partial charge in [-0.05, 0) is 37.1 Å². The zero-order valence-electron chi connectivity index (χ0n) is 23.4. The van der Waals surface area contributed by atoms with Crippen LogP contribution < -0.4 is 15.4 Å². The van der Waals surface area contributed by atoms with Crippen LogP contribution in [0.25, 0.3) is 0 Å². The summed E-state index contributed by atoms with van der Waals surface area (Å²) in [5, 5.41) is 24.4. The number of halogens is 3. The van der Waals surface area contributed by atoms with Crippen LogP contribution in [0, 0.1) is 10.1 Å². The number of nitro groups is 1. The van der Waals surface area contributed by atoms with Crippen LogP contribution in [0.2, 0.25) is 0 Å². The van der Waals surface area contributed by atoms with Crippen molar-refractivity contribution in [3.63, 3.8) is 0 Å². The number of rotatable bonds is 13. The Hall–Kier alpha value is -4.25. The van der Waals surface area contributed by atoms with E-state index in [1.54, 1.807) is 11.9 Å². The number of amides is 1. The molecule has 0 saturated heterocycles. The van der Waals surface area contributed by atoms with Crippen LogP contribution in [0.3, 0.4) is 0 Å². The predicted octanol–water partition coefficient (Wildman–Crippen LogP) is 2.39. The Morgan fingerprint density at radius 2 is 1.86 bits per heavy atom. The molecule has 1 amide bonds. The molecule has 13 nitrogen and oxygen atoms in total. The van der Waals surface area contributed by atoms with Gasteiger partial charge < -0.3 is 25.4 Å².